The van der Waals surface area contributed by atoms with E-state index in [0.717, 1.165) is 21.1 Å². The molecule has 0 saturated heterocycles. The normalized spacial score (nSPS) is 11.8. The number of amides is 1. The monoisotopic (exact) mass is 381 g/mol. The van der Waals surface area contributed by atoms with E-state index in [1.165, 1.54) is 29.0 Å². The number of nitrogens with zero attached hydrogens (tertiary/aromatic N) is 2. The third-order valence-corrected chi connectivity index (χ3v) is 5.61. The largest absolute Gasteiger partial charge is 0.344 e. The van der Waals surface area contributed by atoms with Gasteiger partial charge in [0.15, 0.2) is 0 Å². The van der Waals surface area contributed by atoms with Gasteiger partial charge in [0.2, 0.25) is 0 Å². The van der Waals surface area contributed by atoms with Crippen LogP contribution in [0.1, 0.15) is 39.5 Å². The predicted molar refractivity (Wildman–Crippen MR) is 106 cm³/mol. The fourth-order valence-corrected chi connectivity index (χ4v) is 3.87. The van der Waals surface area contributed by atoms with E-state index in [1.807, 2.05) is 45.0 Å². The highest BCUT2D eigenvalue weighted by atomic mass is 32.1. The van der Waals surface area contributed by atoms with Crippen LogP contribution in [-0.4, -0.2) is 15.8 Å². The quantitative estimate of drug-likeness (QED) is 0.507. The van der Waals surface area contributed by atoms with E-state index in [4.69, 9.17) is 0 Å². The Labute approximate surface area is 161 Å². The number of benzene rings is 2. The number of para-hydroxylation sites is 1. The zero-order chi connectivity index (χ0) is 19.6. The standard InChI is InChI=1S/C20H19N3O3S/c1-12-8-10-15(11-9-12)20-22-14(3)18(27-20)13(2)21-19(24)16-6-4-5-7-17(16)23(25)26/h4-11,13H,1-3H3,(H,21,24). The summed E-state index contributed by atoms with van der Waals surface area (Å²) in [4.78, 5) is 28.7. The SMILES string of the molecule is Cc1ccc(-c2nc(C)c(C(C)NC(=O)c3ccccc3[N+](=O)[O-])s2)cc1. The zero-order valence-corrected chi connectivity index (χ0v) is 16.0. The van der Waals surface area contributed by atoms with E-state index in [1.54, 1.807) is 12.1 Å². The molecule has 1 atom stereocenters. The van der Waals surface area contributed by atoms with Crippen LogP contribution in [0.15, 0.2) is 48.5 Å². The molecule has 0 aliphatic rings. The highest BCUT2D eigenvalue weighted by Gasteiger charge is 2.23. The van der Waals surface area contributed by atoms with Crippen molar-refractivity contribution in [3.63, 3.8) is 0 Å². The lowest BCUT2D eigenvalue weighted by atomic mass is 10.1. The van der Waals surface area contributed by atoms with Gasteiger partial charge >= 0.3 is 0 Å². The first-order valence-electron chi connectivity index (χ1n) is 8.45. The highest BCUT2D eigenvalue weighted by Crippen LogP contribution is 2.32. The summed E-state index contributed by atoms with van der Waals surface area (Å²) in [5.74, 6) is -0.473. The number of hydrogen-bond acceptors (Lipinski definition) is 5. The molecule has 1 unspecified atom stereocenters. The number of aryl methyl sites for hydroxylation is 2. The highest BCUT2D eigenvalue weighted by molar-refractivity contribution is 7.15. The first kappa shape index (κ1) is 18.7. The molecular formula is C20H19N3O3S. The van der Waals surface area contributed by atoms with Crippen molar-refractivity contribution in [2.45, 2.75) is 26.8 Å². The summed E-state index contributed by atoms with van der Waals surface area (Å²) in [6, 6.07) is 13.7. The van der Waals surface area contributed by atoms with Gasteiger partial charge in [-0.05, 0) is 26.8 Å². The van der Waals surface area contributed by atoms with E-state index in [-0.39, 0.29) is 17.3 Å². The Bertz CT molecular complexity index is 996. The Kier molecular flexibility index (Phi) is 5.32. The van der Waals surface area contributed by atoms with Crippen molar-refractivity contribution in [1.82, 2.24) is 10.3 Å². The molecule has 138 valence electrons. The summed E-state index contributed by atoms with van der Waals surface area (Å²) in [6.07, 6.45) is 0. The average molecular weight is 381 g/mol. The maximum absolute atomic E-state index is 12.5. The van der Waals surface area contributed by atoms with Gasteiger partial charge in [0.05, 0.1) is 21.5 Å². The molecule has 3 rings (SSSR count). The van der Waals surface area contributed by atoms with Gasteiger partial charge in [-0.2, -0.15) is 0 Å². The molecule has 0 aliphatic heterocycles. The Morgan fingerprint density at radius 2 is 1.81 bits per heavy atom. The van der Waals surface area contributed by atoms with Crippen LogP contribution in [0.25, 0.3) is 10.6 Å². The molecule has 0 aliphatic carbocycles. The minimum atomic E-state index is -0.549. The molecular weight excluding hydrogens is 362 g/mol. The van der Waals surface area contributed by atoms with E-state index in [2.05, 4.69) is 10.3 Å². The van der Waals surface area contributed by atoms with Crippen LogP contribution in [0.5, 0.6) is 0 Å². The Morgan fingerprint density at radius 1 is 1.15 bits per heavy atom. The number of nitro groups is 1. The second-order valence-corrected chi connectivity index (χ2v) is 7.33. The summed E-state index contributed by atoms with van der Waals surface area (Å²) < 4.78 is 0. The summed E-state index contributed by atoms with van der Waals surface area (Å²) >= 11 is 1.51. The van der Waals surface area contributed by atoms with E-state index in [0.29, 0.717) is 0 Å². The Morgan fingerprint density at radius 3 is 2.48 bits per heavy atom. The summed E-state index contributed by atoms with van der Waals surface area (Å²) in [6.45, 7) is 5.78. The van der Waals surface area contributed by atoms with Gasteiger partial charge in [-0.15, -0.1) is 11.3 Å². The summed E-state index contributed by atoms with van der Waals surface area (Å²) in [7, 11) is 0. The second-order valence-electron chi connectivity index (χ2n) is 6.30. The lowest BCUT2D eigenvalue weighted by Gasteiger charge is -2.13. The number of aromatic nitrogens is 1. The molecule has 0 radical (unpaired) electrons. The Hall–Kier alpha value is -3.06. The number of nitrogens with one attached hydrogen (secondary N) is 1. The molecule has 0 saturated carbocycles. The van der Waals surface area contributed by atoms with Crippen LogP contribution in [0, 0.1) is 24.0 Å². The minimum Gasteiger partial charge on any atom is -0.344 e. The van der Waals surface area contributed by atoms with E-state index >= 15 is 0 Å². The molecule has 6 nitrogen and oxygen atoms in total. The van der Waals surface area contributed by atoms with Gasteiger partial charge in [-0.25, -0.2) is 4.98 Å². The molecule has 27 heavy (non-hydrogen) atoms. The number of rotatable bonds is 5. The zero-order valence-electron chi connectivity index (χ0n) is 15.2. The molecule has 1 N–H and O–H groups in total. The predicted octanol–water partition coefficient (Wildman–Crippen LogP) is 4.83. The second kappa shape index (κ2) is 7.67. The van der Waals surface area contributed by atoms with Crippen LogP contribution in [0.3, 0.4) is 0 Å². The average Bonchev–Trinajstić information content (AvgIpc) is 3.04. The number of thiazole rings is 1. The maximum Gasteiger partial charge on any atom is 0.282 e. The van der Waals surface area contributed by atoms with Gasteiger partial charge < -0.3 is 5.32 Å². The van der Waals surface area contributed by atoms with Crippen LogP contribution < -0.4 is 5.32 Å². The lowest BCUT2D eigenvalue weighted by molar-refractivity contribution is -0.385. The maximum atomic E-state index is 12.5. The summed E-state index contributed by atoms with van der Waals surface area (Å²) in [5.41, 5.74) is 2.89. The third-order valence-electron chi connectivity index (χ3n) is 4.22. The topological polar surface area (TPSA) is 85.1 Å². The molecule has 0 spiro atoms. The smallest absolute Gasteiger partial charge is 0.282 e. The van der Waals surface area contributed by atoms with Gasteiger partial charge in [0, 0.05) is 11.6 Å². The molecule has 1 amide bonds. The van der Waals surface area contributed by atoms with Crippen LogP contribution >= 0.6 is 11.3 Å². The molecule has 3 aromatic rings. The number of nitro benzene ring substituents is 1. The van der Waals surface area contributed by atoms with Gasteiger partial charge in [0.25, 0.3) is 11.6 Å². The van der Waals surface area contributed by atoms with Crippen molar-refractivity contribution in [3.8, 4) is 10.6 Å². The van der Waals surface area contributed by atoms with Crippen molar-refractivity contribution >= 4 is 22.9 Å². The van der Waals surface area contributed by atoms with Crippen molar-refractivity contribution in [1.29, 1.82) is 0 Å². The number of hydrogen-bond donors (Lipinski definition) is 1. The van der Waals surface area contributed by atoms with Crippen molar-refractivity contribution in [2.24, 2.45) is 0 Å². The fourth-order valence-electron chi connectivity index (χ4n) is 2.79. The fraction of sp³-hybridized carbons (Fsp3) is 0.200. The summed E-state index contributed by atoms with van der Waals surface area (Å²) in [5, 5.41) is 14.9. The molecule has 7 heteroatoms. The van der Waals surface area contributed by atoms with Crippen LogP contribution in [0.2, 0.25) is 0 Å². The first-order chi connectivity index (χ1) is 12.9. The van der Waals surface area contributed by atoms with Crippen molar-refractivity contribution in [2.75, 3.05) is 0 Å². The van der Waals surface area contributed by atoms with Crippen molar-refractivity contribution < 1.29 is 9.72 Å². The van der Waals surface area contributed by atoms with Gasteiger partial charge in [-0.1, -0.05) is 42.0 Å². The first-order valence-corrected chi connectivity index (χ1v) is 9.27. The minimum absolute atomic E-state index is 0.0512. The van der Waals surface area contributed by atoms with Crippen molar-refractivity contribution in [3.05, 3.63) is 80.3 Å². The lowest BCUT2D eigenvalue weighted by Crippen LogP contribution is -2.27. The van der Waals surface area contributed by atoms with Gasteiger partial charge in [-0.3, -0.25) is 14.9 Å². The van der Waals surface area contributed by atoms with E-state index < -0.39 is 10.8 Å². The van der Waals surface area contributed by atoms with Crippen LogP contribution in [-0.2, 0) is 0 Å². The molecule has 2 aromatic carbocycles. The van der Waals surface area contributed by atoms with Gasteiger partial charge in [0.1, 0.15) is 10.6 Å². The number of carbonyl (C=O) groups excluding carboxylic acids is 1. The molecule has 0 bridgehead atoms. The number of carbonyl (C=O) groups is 1. The molecule has 0 fully saturated rings. The Balaban J connectivity index is 1.83. The van der Waals surface area contributed by atoms with E-state index in [9.17, 15) is 14.9 Å². The van der Waals surface area contributed by atoms with Crippen LogP contribution in [0.4, 0.5) is 5.69 Å². The molecule has 1 heterocycles. The third kappa shape index (κ3) is 4.03. The molecule has 1 aromatic heterocycles.